The van der Waals surface area contributed by atoms with Crippen molar-refractivity contribution in [2.45, 2.75) is 20.0 Å². The van der Waals surface area contributed by atoms with Crippen LogP contribution in [0, 0.1) is 6.92 Å². The summed E-state index contributed by atoms with van der Waals surface area (Å²) in [5, 5.41) is 4.13. The van der Waals surface area contributed by atoms with E-state index in [1.54, 1.807) is 7.11 Å². The maximum absolute atomic E-state index is 5.91. The van der Waals surface area contributed by atoms with Crippen LogP contribution in [-0.4, -0.2) is 58.2 Å². The molecular weight excluding hydrogens is 418 g/mol. The van der Waals surface area contributed by atoms with Crippen LogP contribution in [0.2, 0.25) is 0 Å². The lowest BCUT2D eigenvalue weighted by molar-refractivity contribution is 0.111. The number of hydrogen-bond donors (Lipinski definition) is 0. The number of aryl methyl sites for hydroxylation is 1. The first-order valence-corrected chi connectivity index (χ1v) is 11.1. The van der Waals surface area contributed by atoms with E-state index >= 15 is 0 Å². The molecule has 0 N–H and O–H groups in total. The Morgan fingerprint density at radius 2 is 1.55 bits per heavy atom. The molecule has 2 aromatic heterocycles. The van der Waals surface area contributed by atoms with Crippen LogP contribution in [-0.2, 0) is 13.1 Å². The van der Waals surface area contributed by atoms with Gasteiger partial charge in [0.25, 0.3) is 0 Å². The molecule has 4 aromatic rings. The van der Waals surface area contributed by atoms with Crippen molar-refractivity contribution in [1.29, 1.82) is 0 Å². The number of methoxy groups -OCH3 is 1. The average Bonchev–Trinajstić information content (AvgIpc) is 3.48. The standard InChI is InChI=1S/C25H27N5O3/c1-18-22(26-25(32-18)20-6-4-3-5-7-20)16-29-12-14-30(15-13-29)17-23-27-24(28-33-23)19-8-10-21(31-2)11-9-19/h3-11H,12-17H2,1-2H3. The van der Waals surface area contributed by atoms with Gasteiger partial charge in [-0.3, -0.25) is 9.80 Å². The van der Waals surface area contributed by atoms with E-state index in [0.29, 0.717) is 24.2 Å². The van der Waals surface area contributed by atoms with Gasteiger partial charge in [0.2, 0.25) is 17.6 Å². The quantitative estimate of drug-likeness (QED) is 0.422. The van der Waals surface area contributed by atoms with Crippen LogP contribution in [0.4, 0.5) is 0 Å². The number of rotatable bonds is 7. The summed E-state index contributed by atoms with van der Waals surface area (Å²) in [7, 11) is 1.65. The van der Waals surface area contributed by atoms with Crippen LogP contribution in [0.5, 0.6) is 5.75 Å². The first-order chi connectivity index (χ1) is 16.2. The smallest absolute Gasteiger partial charge is 0.241 e. The van der Waals surface area contributed by atoms with E-state index in [4.69, 9.17) is 18.7 Å². The lowest BCUT2D eigenvalue weighted by atomic mass is 10.2. The minimum Gasteiger partial charge on any atom is -0.497 e. The zero-order chi connectivity index (χ0) is 22.6. The number of aromatic nitrogens is 3. The number of nitrogens with zero attached hydrogens (tertiary/aromatic N) is 5. The maximum Gasteiger partial charge on any atom is 0.241 e. The number of ether oxygens (including phenoxy) is 1. The molecule has 8 heteroatoms. The molecule has 1 fully saturated rings. The number of benzene rings is 2. The van der Waals surface area contributed by atoms with E-state index in [2.05, 4.69) is 19.9 Å². The van der Waals surface area contributed by atoms with Crippen molar-refractivity contribution in [1.82, 2.24) is 24.9 Å². The normalized spacial score (nSPS) is 15.1. The van der Waals surface area contributed by atoms with Crippen LogP contribution < -0.4 is 4.74 Å². The van der Waals surface area contributed by atoms with Gasteiger partial charge >= 0.3 is 0 Å². The second-order valence-corrected chi connectivity index (χ2v) is 8.18. The lowest BCUT2D eigenvalue weighted by Crippen LogP contribution is -2.45. The minimum absolute atomic E-state index is 0.599. The van der Waals surface area contributed by atoms with Gasteiger partial charge in [0.05, 0.1) is 19.3 Å². The van der Waals surface area contributed by atoms with Crippen molar-refractivity contribution < 1.29 is 13.7 Å². The second-order valence-electron chi connectivity index (χ2n) is 8.18. The Morgan fingerprint density at radius 3 is 2.24 bits per heavy atom. The molecule has 0 atom stereocenters. The number of oxazole rings is 1. The van der Waals surface area contributed by atoms with E-state index in [-0.39, 0.29) is 0 Å². The van der Waals surface area contributed by atoms with Crippen molar-refractivity contribution in [2.75, 3.05) is 33.3 Å². The molecular formula is C25H27N5O3. The van der Waals surface area contributed by atoms with Crippen LogP contribution in [0.15, 0.2) is 63.5 Å². The average molecular weight is 446 g/mol. The highest BCUT2D eigenvalue weighted by Gasteiger charge is 2.22. The molecule has 1 saturated heterocycles. The fraction of sp³-hybridized carbons (Fsp3) is 0.320. The van der Waals surface area contributed by atoms with E-state index in [9.17, 15) is 0 Å². The summed E-state index contributed by atoms with van der Waals surface area (Å²) >= 11 is 0. The summed E-state index contributed by atoms with van der Waals surface area (Å²) < 4.78 is 16.6. The summed E-state index contributed by atoms with van der Waals surface area (Å²) in [6.07, 6.45) is 0. The van der Waals surface area contributed by atoms with Crippen LogP contribution in [0.1, 0.15) is 17.3 Å². The van der Waals surface area contributed by atoms with Gasteiger partial charge in [-0.2, -0.15) is 4.98 Å². The van der Waals surface area contributed by atoms with Crippen molar-refractivity contribution >= 4 is 0 Å². The molecule has 0 amide bonds. The molecule has 1 aliphatic rings. The lowest BCUT2D eigenvalue weighted by Gasteiger charge is -2.33. The topological polar surface area (TPSA) is 80.7 Å². The van der Waals surface area contributed by atoms with Crippen molar-refractivity contribution in [3.8, 4) is 28.6 Å². The zero-order valence-corrected chi connectivity index (χ0v) is 18.9. The maximum atomic E-state index is 5.91. The predicted octanol–water partition coefficient (Wildman–Crippen LogP) is 4.03. The Kier molecular flexibility index (Phi) is 6.19. The molecule has 0 bridgehead atoms. The third kappa shape index (κ3) is 4.97. The molecule has 8 nitrogen and oxygen atoms in total. The highest BCUT2D eigenvalue weighted by molar-refractivity contribution is 5.55. The van der Waals surface area contributed by atoms with Gasteiger partial charge in [0.1, 0.15) is 11.5 Å². The Balaban J connectivity index is 1.14. The summed E-state index contributed by atoms with van der Waals surface area (Å²) in [6.45, 7) is 7.20. The van der Waals surface area contributed by atoms with Gasteiger partial charge in [-0.05, 0) is 43.3 Å². The summed E-state index contributed by atoms with van der Waals surface area (Å²) in [4.78, 5) is 14.1. The number of hydrogen-bond acceptors (Lipinski definition) is 8. The molecule has 0 spiro atoms. The summed E-state index contributed by atoms with van der Waals surface area (Å²) in [5.41, 5.74) is 2.92. The van der Waals surface area contributed by atoms with Gasteiger partial charge in [-0.15, -0.1) is 0 Å². The Hall–Kier alpha value is -3.49. The van der Waals surface area contributed by atoms with Crippen LogP contribution in [0.3, 0.4) is 0 Å². The first kappa shape index (κ1) is 21.4. The van der Waals surface area contributed by atoms with E-state index < -0.39 is 0 Å². The Labute approximate surface area is 192 Å². The largest absolute Gasteiger partial charge is 0.497 e. The third-order valence-corrected chi connectivity index (χ3v) is 5.93. The van der Waals surface area contributed by atoms with Crippen molar-refractivity contribution in [3.05, 3.63) is 71.9 Å². The second kappa shape index (κ2) is 9.56. The SMILES string of the molecule is COc1ccc(-c2noc(CN3CCN(Cc4nc(-c5ccccc5)oc4C)CC3)n2)cc1. The van der Waals surface area contributed by atoms with Crippen LogP contribution >= 0.6 is 0 Å². The minimum atomic E-state index is 0.599. The fourth-order valence-corrected chi connectivity index (χ4v) is 3.96. The number of piperazine rings is 1. The van der Waals surface area contributed by atoms with Crippen molar-refractivity contribution in [2.24, 2.45) is 0 Å². The third-order valence-electron chi connectivity index (χ3n) is 5.93. The molecule has 1 aliphatic heterocycles. The molecule has 170 valence electrons. The van der Waals surface area contributed by atoms with Gasteiger partial charge < -0.3 is 13.7 Å². The molecule has 0 saturated carbocycles. The van der Waals surface area contributed by atoms with E-state index in [0.717, 1.165) is 61.1 Å². The zero-order valence-electron chi connectivity index (χ0n) is 18.9. The monoisotopic (exact) mass is 445 g/mol. The molecule has 0 aliphatic carbocycles. The van der Waals surface area contributed by atoms with Crippen LogP contribution in [0.25, 0.3) is 22.8 Å². The van der Waals surface area contributed by atoms with Gasteiger partial charge in [-0.25, -0.2) is 4.98 Å². The Bertz CT molecular complexity index is 1180. The molecule has 5 rings (SSSR count). The molecule has 33 heavy (non-hydrogen) atoms. The summed E-state index contributed by atoms with van der Waals surface area (Å²) in [5.74, 6) is 3.60. The first-order valence-electron chi connectivity index (χ1n) is 11.1. The molecule has 0 radical (unpaired) electrons. The fourth-order valence-electron chi connectivity index (χ4n) is 3.96. The predicted molar refractivity (Wildman–Crippen MR) is 124 cm³/mol. The molecule has 0 unspecified atom stereocenters. The van der Waals surface area contributed by atoms with Gasteiger partial charge in [0, 0.05) is 43.9 Å². The van der Waals surface area contributed by atoms with Gasteiger partial charge in [-0.1, -0.05) is 23.4 Å². The van der Waals surface area contributed by atoms with E-state index in [1.807, 2.05) is 61.5 Å². The molecule has 3 heterocycles. The van der Waals surface area contributed by atoms with E-state index in [1.165, 1.54) is 0 Å². The Morgan fingerprint density at radius 1 is 0.848 bits per heavy atom. The van der Waals surface area contributed by atoms with Crippen molar-refractivity contribution in [3.63, 3.8) is 0 Å². The highest BCUT2D eigenvalue weighted by atomic mass is 16.5. The molecule has 2 aromatic carbocycles. The summed E-state index contributed by atoms with van der Waals surface area (Å²) in [6, 6.07) is 17.7. The van der Waals surface area contributed by atoms with Gasteiger partial charge in [0.15, 0.2) is 0 Å². The highest BCUT2D eigenvalue weighted by Crippen LogP contribution is 2.23.